The third kappa shape index (κ3) is 5.34. The van der Waals surface area contributed by atoms with Gasteiger partial charge in [-0.3, -0.25) is 4.79 Å². The number of nitrogens with two attached hydrogens (primary N) is 1. The van der Waals surface area contributed by atoms with Crippen molar-refractivity contribution in [1.82, 2.24) is 0 Å². The van der Waals surface area contributed by atoms with E-state index in [9.17, 15) is 35.5 Å². The first-order valence-corrected chi connectivity index (χ1v) is 10.1. The number of alkyl halides is 3. The van der Waals surface area contributed by atoms with E-state index in [0.717, 1.165) is 11.1 Å². The number of nitrogens with one attached hydrogen (secondary N) is 1. The number of carbonyl (C=O) groups is 1. The third-order valence-electron chi connectivity index (χ3n) is 5.01. The molecule has 0 atom stereocenters. The van der Waals surface area contributed by atoms with Gasteiger partial charge in [-0.2, -0.15) is 13.2 Å². The minimum atomic E-state index is -5.68. The van der Waals surface area contributed by atoms with E-state index in [-0.39, 0.29) is 6.54 Å². The largest absolute Gasteiger partial charge is 0.422 e. The number of hydrogen-bond acceptors (Lipinski definition) is 2. The van der Waals surface area contributed by atoms with Crippen molar-refractivity contribution >= 4 is 23.2 Å². The van der Waals surface area contributed by atoms with E-state index in [0.29, 0.717) is 22.6 Å². The molecule has 11 heteroatoms. The molecule has 3 N–H and O–H groups in total. The van der Waals surface area contributed by atoms with Crippen LogP contribution in [0.2, 0.25) is 5.02 Å². The van der Waals surface area contributed by atoms with Crippen LogP contribution in [0, 0.1) is 23.3 Å². The number of anilines is 1. The lowest BCUT2D eigenvalue weighted by Crippen LogP contribution is -2.22. The van der Waals surface area contributed by atoms with Gasteiger partial charge in [0.05, 0.1) is 6.42 Å². The highest BCUT2D eigenvalue weighted by molar-refractivity contribution is 6.31. The molecule has 3 rings (SSSR count). The fourth-order valence-corrected chi connectivity index (χ4v) is 3.56. The normalized spacial score (nSPS) is 11.6. The number of rotatable bonds is 6. The van der Waals surface area contributed by atoms with E-state index in [1.807, 2.05) is 0 Å². The summed E-state index contributed by atoms with van der Waals surface area (Å²) in [5.74, 6) is -11.2. The first-order valence-electron chi connectivity index (χ1n) is 9.71. The van der Waals surface area contributed by atoms with Crippen LogP contribution < -0.4 is 11.1 Å². The fraction of sp³-hybridized carbons (Fsp3) is 0.174. The summed E-state index contributed by atoms with van der Waals surface area (Å²) in [5.41, 5.74) is 3.65. The van der Waals surface area contributed by atoms with E-state index in [1.54, 1.807) is 47.8 Å². The highest BCUT2D eigenvalue weighted by Crippen LogP contribution is 2.38. The number of amides is 1. The number of hydrogen-bond donors (Lipinski definition) is 2. The SMILES string of the molecule is NCc1ccc(Cc2ccccc2Cl)cc1CC(=O)Nc1c(F)c(F)c(C(F)(F)F)c(F)c1F. The Morgan fingerprint density at radius 3 is 2.06 bits per heavy atom. The van der Waals surface area contributed by atoms with Crippen molar-refractivity contribution in [1.29, 1.82) is 0 Å². The van der Waals surface area contributed by atoms with Gasteiger partial charge in [-0.15, -0.1) is 0 Å². The minimum Gasteiger partial charge on any atom is -0.326 e. The summed E-state index contributed by atoms with van der Waals surface area (Å²) >= 11 is 6.15. The van der Waals surface area contributed by atoms with Gasteiger partial charge in [0.1, 0.15) is 11.3 Å². The van der Waals surface area contributed by atoms with Crippen LogP contribution in [0.15, 0.2) is 42.5 Å². The average Bonchev–Trinajstić information content (AvgIpc) is 2.76. The lowest BCUT2D eigenvalue weighted by atomic mass is 9.97. The molecular weight excluding hydrogens is 489 g/mol. The molecule has 1 amide bonds. The van der Waals surface area contributed by atoms with Crippen LogP contribution in [0.3, 0.4) is 0 Å². The summed E-state index contributed by atoms with van der Waals surface area (Å²) < 4.78 is 94.0. The quantitative estimate of drug-likeness (QED) is 0.313. The van der Waals surface area contributed by atoms with Crippen molar-refractivity contribution in [3.63, 3.8) is 0 Å². The summed E-state index contributed by atoms with van der Waals surface area (Å²) in [5, 5.41) is 2.13. The monoisotopic (exact) mass is 504 g/mol. The molecular formula is C23H16ClF7N2O. The Morgan fingerprint density at radius 2 is 1.50 bits per heavy atom. The first-order chi connectivity index (χ1) is 15.9. The summed E-state index contributed by atoms with van der Waals surface area (Å²) in [7, 11) is 0. The van der Waals surface area contributed by atoms with Crippen molar-refractivity contribution < 1.29 is 35.5 Å². The number of carbonyl (C=O) groups excluding carboxylic acids is 1. The summed E-state index contributed by atoms with van der Waals surface area (Å²) in [6.45, 7) is 0.00123. The summed E-state index contributed by atoms with van der Waals surface area (Å²) in [4.78, 5) is 12.4. The standard InChI is InChI=1S/C23H16ClF7N2O/c24-15-4-2-1-3-12(15)7-11-5-6-13(10-32)14(8-11)9-16(34)33-22-20(27)18(25)17(23(29,30)31)19(26)21(22)28/h1-6,8H,7,9-10,32H2,(H,33,34). The molecule has 0 saturated heterocycles. The molecule has 0 aliphatic carbocycles. The second-order valence-electron chi connectivity index (χ2n) is 7.30. The van der Waals surface area contributed by atoms with Crippen LogP contribution in [0.1, 0.15) is 27.8 Å². The maximum absolute atomic E-state index is 14.1. The Labute approximate surface area is 194 Å². The molecule has 3 aromatic rings. The molecule has 0 saturated carbocycles. The maximum Gasteiger partial charge on any atom is 0.422 e. The second kappa shape index (κ2) is 10.0. The smallest absolute Gasteiger partial charge is 0.326 e. The maximum atomic E-state index is 14.1. The Balaban J connectivity index is 1.88. The third-order valence-corrected chi connectivity index (χ3v) is 5.37. The van der Waals surface area contributed by atoms with Crippen LogP contribution >= 0.6 is 11.6 Å². The van der Waals surface area contributed by atoms with Gasteiger partial charge in [0.15, 0.2) is 23.3 Å². The molecule has 0 bridgehead atoms. The molecule has 0 heterocycles. The predicted molar refractivity (Wildman–Crippen MR) is 112 cm³/mol. The van der Waals surface area contributed by atoms with Crippen molar-refractivity contribution in [2.24, 2.45) is 5.73 Å². The lowest BCUT2D eigenvalue weighted by Gasteiger charge is -2.15. The van der Waals surface area contributed by atoms with Gasteiger partial charge < -0.3 is 11.1 Å². The van der Waals surface area contributed by atoms with Crippen LogP contribution in [0.25, 0.3) is 0 Å². The summed E-state index contributed by atoms with van der Waals surface area (Å²) in [6.07, 6.45) is -5.82. The molecule has 0 fully saturated rings. The average molecular weight is 505 g/mol. The molecule has 34 heavy (non-hydrogen) atoms. The van der Waals surface area contributed by atoms with Crippen LogP contribution in [-0.2, 0) is 30.4 Å². The van der Waals surface area contributed by atoms with Gasteiger partial charge >= 0.3 is 6.18 Å². The van der Waals surface area contributed by atoms with E-state index >= 15 is 0 Å². The van der Waals surface area contributed by atoms with Gasteiger partial charge in [0, 0.05) is 11.6 Å². The van der Waals surface area contributed by atoms with Gasteiger partial charge in [0.25, 0.3) is 0 Å². The van der Waals surface area contributed by atoms with E-state index in [1.165, 1.54) is 0 Å². The molecule has 0 radical (unpaired) electrons. The van der Waals surface area contributed by atoms with Crippen LogP contribution in [0.5, 0.6) is 0 Å². The van der Waals surface area contributed by atoms with Crippen molar-refractivity contribution in [2.75, 3.05) is 5.32 Å². The van der Waals surface area contributed by atoms with Crippen molar-refractivity contribution in [3.05, 3.63) is 98.6 Å². The Kier molecular flexibility index (Phi) is 7.52. The van der Waals surface area contributed by atoms with Crippen molar-refractivity contribution in [2.45, 2.75) is 25.6 Å². The molecule has 0 spiro atoms. The van der Waals surface area contributed by atoms with E-state index in [2.05, 4.69) is 0 Å². The highest BCUT2D eigenvalue weighted by Gasteiger charge is 2.42. The van der Waals surface area contributed by atoms with Gasteiger partial charge in [0.2, 0.25) is 5.91 Å². The molecule has 3 aromatic carbocycles. The van der Waals surface area contributed by atoms with Gasteiger partial charge in [-0.25, -0.2) is 17.6 Å². The highest BCUT2D eigenvalue weighted by atomic mass is 35.5. The minimum absolute atomic E-state index is 0.00123. The second-order valence-corrected chi connectivity index (χ2v) is 7.71. The number of halogens is 8. The van der Waals surface area contributed by atoms with Crippen molar-refractivity contribution in [3.8, 4) is 0 Å². The zero-order valence-corrected chi connectivity index (χ0v) is 17.9. The number of benzene rings is 3. The van der Waals surface area contributed by atoms with Crippen LogP contribution in [-0.4, -0.2) is 5.91 Å². The molecule has 180 valence electrons. The Bertz CT molecular complexity index is 1220. The molecule has 0 unspecified atom stereocenters. The van der Waals surface area contributed by atoms with E-state index < -0.39 is 53.0 Å². The van der Waals surface area contributed by atoms with Gasteiger partial charge in [-0.05, 0) is 34.7 Å². The van der Waals surface area contributed by atoms with Gasteiger partial charge in [-0.1, -0.05) is 48.0 Å². The Morgan fingerprint density at radius 1 is 0.882 bits per heavy atom. The lowest BCUT2D eigenvalue weighted by molar-refractivity contribution is -0.143. The first kappa shape index (κ1) is 25.5. The van der Waals surface area contributed by atoms with Crippen LogP contribution in [0.4, 0.5) is 36.4 Å². The zero-order valence-electron chi connectivity index (χ0n) is 17.2. The topological polar surface area (TPSA) is 55.1 Å². The Hall–Kier alpha value is -3.11. The molecule has 0 aliphatic heterocycles. The molecule has 0 aliphatic rings. The fourth-order valence-electron chi connectivity index (χ4n) is 3.36. The molecule has 3 nitrogen and oxygen atoms in total. The van der Waals surface area contributed by atoms with E-state index in [4.69, 9.17) is 17.3 Å². The molecule has 0 aromatic heterocycles. The zero-order chi connectivity index (χ0) is 25.2. The predicted octanol–water partition coefficient (Wildman–Crippen LogP) is 6.15. The summed E-state index contributed by atoms with van der Waals surface area (Å²) in [6, 6.07) is 12.0.